The van der Waals surface area contributed by atoms with Crippen LogP contribution in [0.4, 0.5) is 0 Å². The first-order valence-electron chi connectivity index (χ1n) is 8.19. The summed E-state index contributed by atoms with van der Waals surface area (Å²) in [7, 11) is 0. The molecule has 0 bridgehead atoms. The predicted octanol–water partition coefficient (Wildman–Crippen LogP) is 1.97. The Bertz CT molecular complexity index is 705. The van der Waals surface area contributed by atoms with Crippen LogP contribution >= 0.6 is 11.6 Å². The number of halogens is 1. The lowest BCUT2D eigenvalue weighted by Crippen LogP contribution is -2.38. The average Bonchev–Trinajstić information content (AvgIpc) is 3.14. The van der Waals surface area contributed by atoms with E-state index in [1.165, 1.54) is 0 Å². The van der Waals surface area contributed by atoms with Gasteiger partial charge in [-0.2, -0.15) is 0 Å². The maximum absolute atomic E-state index is 12.1. The van der Waals surface area contributed by atoms with Gasteiger partial charge in [0.1, 0.15) is 5.82 Å². The number of nitrogens with zero attached hydrogens (tertiary/aromatic N) is 1. The second-order valence-electron chi connectivity index (χ2n) is 5.95. The van der Waals surface area contributed by atoms with Gasteiger partial charge in [-0.1, -0.05) is 41.9 Å². The molecule has 1 amide bonds. The van der Waals surface area contributed by atoms with Crippen molar-refractivity contribution in [2.45, 2.75) is 19.8 Å². The van der Waals surface area contributed by atoms with Crippen molar-refractivity contribution < 1.29 is 4.79 Å². The van der Waals surface area contributed by atoms with E-state index in [0.717, 1.165) is 31.5 Å². The highest BCUT2D eigenvalue weighted by molar-refractivity contribution is 6.38. The number of nitrogens with two attached hydrogens (primary N) is 2. The topological polar surface area (TPSA) is 108 Å². The minimum absolute atomic E-state index is 0.0152. The van der Waals surface area contributed by atoms with Crippen molar-refractivity contribution in [3.05, 3.63) is 52.3 Å². The molecule has 1 heterocycles. The van der Waals surface area contributed by atoms with Crippen LogP contribution in [0.2, 0.25) is 0 Å². The van der Waals surface area contributed by atoms with Gasteiger partial charge in [-0.3, -0.25) is 4.79 Å². The fourth-order valence-electron chi connectivity index (χ4n) is 2.70. The number of carbonyl (C=O) groups excluding carboxylic acids is 1. The van der Waals surface area contributed by atoms with Crippen molar-refractivity contribution >= 4 is 28.9 Å². The van der Waals surface area contributed by atoms with Crippen molar-refractivity contribution in [2.24, 2.45) is 11.5 Å². The molecule has 7 heteroatoms. The number of nitrogens with one attached hydrogen (secondary N) is 2. The van der Waals surface area contributed by atoms with E-state index in [1.807, 2.05) is 30.3 Å². The van der Waals surface area contributed by atoms with E-state index in [1.54, 1.807) is 11.8 Å². The molecule has 6 N–H and O–H groups in total. The summed E-state index contributed by atoms with van der Waals surface area (Å²) in [6.45, 7) is 3.20. The van der Waals surface area contributed by atoms with Crippen LogP contribution in [0, 0.1) is 5.41 Å². The highest BCUT2D eigenvalue weighted by atomic mass is 35.5. The molecule has 0 saturated carbocycles. The first-order valence-corrected chi connectivity index (χ1v) is 8.57. The van der Waals surface area contributed by atoms with E-state index < -0.39 is 0 Å². The summed E-state index contributed by atoms with van der Waals surface area (Å²) in [6.07, 6.45) is 2.06. The first kappa shape index (κ1) is 18.9. The van der Waals surface area contributed by atoms with Crippen LogP contribution in [0.5, 0.6) is 0 Å². The maximum Gasteiger partial charge on any atom is 0.241 e. The van der Waals surface area contributed by atoms with Crippen molar-refractivity contribution in [1.82, 2.24) is 10.2 Å². The smallest absolute Gasteiger partial charge is 0.241 e. The van der Waals surface area contributed by atoms with Crippen LogP contribution in [0.1, 0.15) is 25.3 Å². The molecule has 0 atom stereocenters. The lowest BCUT2D eigenvalue weighted by atomic mass is 10.1. The zero-order valence-corrected chi connectivity index (χ0v) is 15.1. The molecule has 0 unspecified atom stereocenters. The van der Waals surface area contributed by atoms with Gasteiger partial charge in [0.15, 0.2) is 0 Å². The van der Waals surface area contributed by atoms with Crippen molar-refractivity contribution in [2.75, 3.05) is 19.6 Å². The molecule has 1 aliphatic rings. The molecule has 1 aromatic carbocycles. The third-order valence-corrected chi connectivity index (χ3v) is 4.47. The fourth-order valence-corrected chi connectivity index (χ4v) is 3.05. The molecule has 1 saturated heterocycles. The summed E-state index contributed by atoms with van der Waals surface area (Å²) < 4.78 is 0. The Labute approximate surface area is 153 Å². The van der Waals surface area contributed by atoms with Gasteiger partial charge < -0.3 is 27.1 Å². The van der Waals surface area contributed by atoms with Gasteiger partial charge in [0.05, 0.1) is 22.8 Å². The molecule has 0 radical (unpaired) electrons. The predicted molar refractivity (Wildman–Crippen MR) is 102 cm³/mol. The van der Waals surface area contributed by atoms with Gasteiger partial charge in [0.25, 0.3) is 0 Å². The van der Waals surface area contributed by atoms with Crippen LogP contribution < -0.4 is 16.8 Å². The quantitative estimate of drug-likeness (QED) is 0.459. The number of amides is 1. The third-order valence-electron chi connectivity index (χ3n) is 4.07. The fraction of sp³-hybridized carbons (Fsp3) is 0.333. The third kappa shape index (κ3) is 4.76. The molecule has 6 nitrogen and oxygen atoms in total. The van der Waals surface area contributed by atoms with Gasteiger partial charge in [0.2, 0.25) is 5.91 Å². The van der Waals surface area contributed by atoms with Crippen molar-refractivity contribution in [3.63, 3.8) is 0 Å². The van der Waals surface area contributed by atoms with Crippen LogP contribution in [0.15, 0.2) is 46.8 Å². The SMILES string of the molecule is CC(=N)C(=C(/N)NCC(=O)N1CCCC1)/C(Cl)=C(\N)c1ccccc1. The number of benzene rings is 1. The number of rotatable bonds is 6. The molecule has 0 spiro atoms. The molecular weight excluding hydrogens is 338 g/mol. The van der Waals surface area contributed by atoms with Gasteiger partial charge >= 0.3 is 0 Å². The van der Waals surface area contributed by atoms with Gasteiger partial charge in [0, 0.05) is 18.8 Å². The molecule has 1 aliphatic heterocycles. The number of allylic oxidation sites excluding steroid dienone is 2. The number of hydrogen-bond donors (Lipinski definition) is 4. The van der Waals surface area contributed by atoms with Gasteiger partial charge in [-0.25, -0.2) is 0 Å². The second kappa shape index (κ2) is 8.58. The summed E-state index contributed by atoms with van der Waals surface area (Å²) >= 11 is 6.40. The molecule has 0 aromatic heterocycles. The summed E-state index contributed by atoms with van der Waals surface area (Å²) in [6, 6.07) is 9.24. The van der Waals surface area contributed by atoms with E-state index in [-0.39, 0.29) is 29.0 Å². The molecular formula is C18H24ClN5O. The minimum Gasteiger partial charge on any atom is -0.397 e. The molecule has 1 aromatic rings. The highest BCUT2D eigenvalue weighted by Gasteiger charge is 2.19. The largest absolute Gasteiger partial charge is 0.397 e. The lowest BCUT2D eigenvalue weighted by molar-refractivity contribution is -0.129. The minimum atomic E-state index is -0.0152. The standard InChI is InChI=1S/C18H24ClN5O/c1-12(20)15(16(19)17(21)13-7-3-2-4-8-13)18(22)23-11-14(25)24-9-5-6-10-24/h2-4,7-8,20,23H,5-6,9-11,21-22H2,1H3/b17-16+,18-15+,20-12?. The Morgan fingerprint density at radius 2 is 1.84 bits per heavy atom. The molecule has 2 rings (SSSR count). The van der Waals surface area contributed by atoms with Crippen LogP contribution in [-0.2, 0) is 4.79 Å². The van der Waals surface area contributed by atoms with Crippen molar-refractivity contribution in [1.29, 1.82) is 5.41 Å². The Morgan fingerprint density at radius 1 is 1.24 bits per heavy atom. The van der Waals surface area contributed by atoms with Crippen LogP contribution in [0.3, 0.4) is 0 Å². The van der Waals surface area contributed by atoms with Gasteiger partial charge in [-0.05, 0) is 25.3 Å². The summed E-state index contributed by atoms with van der Waals surface area (Å²) in [5.41, 5.74) is 13.7. The number of carbonyl (C=O) groups is 1. The summed E-state index contributed by atoms with van der Waals surface area (Å²) in [5, 5.41) is 11.0. The molecule has 1 fully saturated rings. The van der Waals surface area contributed by atoms with Crippen LogP contribution in [-0.4, -0.2) is 36.2 Å². The van der Waals surface area contributed by atoms with E-state index in [9.17, 15) is 4.79 Å². The normalized spacial score (nSPS) is 16.2. The monoisotopic (exact) mass is 361 g/mol. The Morgan fingerprint density at radius 3 is 2.40 bits per heavy atom. The van der Waals surface area contributed by atoms with Crippen molar-refractivity contribution in [3.8, 4) is 0 Å². The molecule has 134 valence electrons. The van der Waals surface area contributed by atoms with Gasteiger partial charge in [-0.15, -0.1) is 0 Å². The zero-order valence-electron chi connectivity index (χ0n) is 14.3. The van der Waals surface area contributed by atoms with E-state index in [2.05, 4.69) is 5.32 Å². The first-order chi connectivity index (χ1) is 11.9. The lowest BCUT2D eigenvalue weighted by Gasteiger charge is -2.18. The maximum atomic E-state index is 12.1. The number of likely N-dealkylation sites (tertiary alicyclic amines) is 1. The van der Waals surface area contributed by atoms with Crippen LogP contribution in [0.25, 0.3) is 5.70 Å². The van der Waals surface area contributed by atoms with E-state index in [4.69, 9.17) is 28.5 Å². The van der Waals surface area contributed by atoms with E-state index >= 15 is 0 Å². The summed E-state index contributed by atoms with van der Waals surface area (Å²) in [4.78, 5) is 13.9. The van der Waals surface area contributed by atoms with E-state index in [0.29, 0.717) is 11.3 Å². The molecule has 0 aliphatic carbocycles. The average molecular weight is 362 g/mol. The second-order valence-corrected chi connectivity index (χ2v) is 6.33. The number of hydrogen-bond acceptors (Lipinski definition) is 5. The highest BCUT2D eigenvalue weighted by Crippen LogP contribution is 2.25. The Kier molecular flexibility index (Phi) is 6.47. The Hall–Kier alpha value is -2.47. The molecule has 25 heavy (non-hydrogen) atoms. The zero-order chi connectivity index (χ0) is 18.4. The Balaban J connectivity index is 2.21. The summed E-state index contributed by atoms with van der Waals surface area (Å²) in [5.74, 6) is 0.155.